The Morgan fingerprint density at radius 3 is 2.86 bits per heavy atom. The lowest BCUT2D eigenvalue weighted by Crippen LogP contribution is -2.26. The van der Waals surface area contributed by atoms with Crippen LogP contribution >= 0.6 is 11.8 Å². The number of aryl methyl sites for hydroxylation is 1. The quantitative estimate of drug-likeness (QED) is 0.818. The minimum atomic E-state index is -0.136. The molecule has 0 unspecified atom stereocenters. The van der Waals surface area contributed by atoms with Gasteiger partial charge in [0, 0.05) is 10.1 Å². The van der Waals surface area contributed by atoms with Crippen molar-refractivity contribution in [3.63, 3.8) is 0 Å². The molecule has 2 nitrogen and oxygen atoms in total. The van der Waals surface area contributed by atoms with E-state index in [1.807, 2.05) is 13.0 Å². The Bertz CT molecular complexity index is 295. The van der Waals surface area contributed by atoms with Crippen molar-refractivity contribution in [2.75, 3.05) is 0 Å². The third-order valence-corrected chi connectivity index (χ3v) is 4.29. The average Bonchev–Trinajstić information content (AvgIpc) is 2.56. The van der Waals surface area contributed by atoms with Gasteiger partial charge in [-0.15, -0.1) is 11.8 Å². The molecule has 1 aliphatic carbocycles. The number of hydrogen-bond acceptors (Lipinski definition) is 3. The van der Waals surface area contributed by atoms with Crippen molar-refractivity contribution in [3.05, 3.63) is 18.1 Å². The molecule has 2 rings (SSSR count). The minimum Gasteiger partial charge on any atom is -0.468 e. The first-order valence-electron chi connectivity index (χ1n) is 5.16. The summed E-state index contributed by atoms with van der Waals surface area (Å²) in [6.07, 6.45) is 6.06. The summed E-state index contributed by atoms with van der Waals surface area (Å²) in [6, 6.07) is 1.99. The van der Waals surface area contributed by atoms with Crippen LogP contribution in [0.25, 0.3) is 0 Å². The lowest BCUT2D eigenvalue weighted by molar-refractivity contribution is 0.137. The maximum Gasteiger partial charge on any atom is 0.114 e. The van der Waals surface area contributed by atoms with Gasteiger partial charge in [-0.1, -0.05) is 12.8 Å². The molecule has 78 valence electrons. The number of aliphatic hydroxyl groups is 1. The van der Waals surface area contributed by atoms with Crippen molar-refractivity contribution in [1.29, 1.82) is 0 Å². The number of hydrogen-bond donors (Lipinski definition) is 1. The van der Waals surface area contributed by atoms with Gasteiger partial charge in [-0.25, -0.2) is 0 Å². The van der Waals surface area contributed by atoms with Crippen molar-refractivity contribution >= 4 is 11.8 Å². The lowest BCUT2D eigenvalue weighted by atomic mass is 9.97. The van der Waals surface area contributed by atoms with Gasteiger partial charge in [0.2, 0.25) is 0 Å². The second-order valence-electron chi connectivity index (χ2n) is 3.85. The van der Waals surface area contributed by atoms with E-state index in [9.17, 15) is 5.11 Å². The smallest absolute Gasteiger partial charge is 0.114 e. The molecular weight excluding hydrogens is 196 g/mol. The van der Waals surface area contributed by atoms with Gasteiger partial charge in [-0.3, -0.25) is 0 Å². The van der Waals surface area contributed by atoms with Crippen LogP contribution < -0.4 is 0 Å². The van der Waals surface area contributed by atoms with E-state index in [4.69, 9.17) is 4.42 Å². The van der Waals surface area contributed by atoms with Crippen molar-refractivity contribution in [1.82, 2.24) is 0 Å². The van der Waals surface area contributed by atoms with Crippen LogP contribution in [0.4, 0.5) is 0 Å². The predicted octanol–water partition coefficient (Wildman–Crippen LogP) is 2.98. The van der Waals surface area contributed by atoms with Crippen LogP contribution in [0.3, 0.4) is 0 Å². The maximum atomic E-state index is 9.81. The van der Waals surface area contributed by atoms with Crippen molar-refractivity contribution in [2.24, 2.45) is 0 Å². The first-order valence-corrected chi connectivity index (χ1v) is 6.04. The highest BCUT2D eigenvalue weighted by Crippen LogP contribution is 2.35. The van der Waals surface area contributed by atoms with E-state index in [0.29, 0.717) is 5.25 Å². The van der Waals surface area contributed by atoms with Gasteiger partial charge in [-0.05, 0) is 25.8 Å². The fourth-order valence-corrected chi connectivity index (χ4v) is 3.13. The molecule has 14 heavy (non-hydrogen) atoms. The highest BCUT2D eigenvalue weighted by molar-refractivity contribution is 8.00. The second kappa shape index (κ2) is 4.41. The van der Waals surface area contributed by atoms with E-state index in [-0.39, 0.29) is 6.10 Å². The molecular formula is C11H16O2S. The fourth-order valence-electron chi connectivity index (χ4n) is 1.87. The second-order valence-corrected chi connectivity index (χ2v) is 5.13. The van der Waals surface area contributed by atoms with E-state index in [2.05, 4.69) is 0 Å². The fraction of sp³-hybridized carbons (Fsp3) is 0.636. The third-order valence-electron chi connectivity index (χ3n) is 2.76. The van der Waals surface area contributed by atoms with E-state index in [1.54, 1.807) is 18.0 Å². The topological polar surface area (TPSA) is 33.4 Å². The number of rotatable bonds is 2. The van der Waals surface area contributed by atoms with E-state index < -0.39 is 0 Å². The maximum absolute atomic E-state index is 9.81. The van der Waals surface area contributed by atoms with Crippen molar-refractivity contribution < 1.29 is 9.52 Å². The Labute approximate surface area is 88.7 Å². The Hall–Kier alpha value is -0.410. The summed E-state index contributed by atoms with van der Waals surface area (Å²) < 4.78 is 5.24. The first-order chi connectivity index (χ1) is 6.77. The zero-order valence-electron chi connectivity index (χ0n) is 8.40. The van der Waals surface area contributed by atoms with Crippen LogP contribution in [0.1, 0.15) is 31.4 Å². The molecule has 0 spiro atoms. The Balaban J connectivity index is 1.99. The molecule has 2 atom stereocenters. The normalized spacial score (nSPS) is 27.9. The van der Waals surface area contributed by atoms with Crippen LogP contribution in [0.15, 0.2) is 21.6 Å². The zero-order valence-corrected chi connectivity index (χ0v) is 9.22. The summed E-state index contributed by atoms with van der Waals surface area (Å²) in [5.74, 6) is 0.966. The summed E-state index contributed by atoms with van der Waals surface area (Å²) in [6.45, 7) is 1.97. The molecule has 1 aromatic heterocycles. The molecule has 1 saturated carbocycles. The highest BCUT2D eigenvalue weighted by atomic mass is 32.2. The van der Waals surface area contributed by atoms with Crippen LogP contribution in [-0.4, -0.2) is 16.5 Å². The van der Waals surface area contributed by atoms with Crippen LogP contribution in [0.5, 0.6) is 0 Å². The van der Waals surface area contributed by atoms with Gasteiger partial charge in [0.25, 0.3) is 0 Å². The molecule has 0 aromatic carbocycles. The number of furan rings is 1. The van der Waals surface area contributed by atoms with Crippen molar-refractivity contribution in [2.45, 2.75) is 48.9 Å². The monoisotopic (exact) mass is 212 g/mol. The van der Waals surface area contributed by atoms with Crippen LogP contribution in [0.2, 0.25) is 0 Å². The molecule has 0 amide bonds. The molecule has 1 N–H and O–H groups in total. The van der Waals surface area contributed by atoms with Crippen LogP contribution in [0, 0.1) is 6.92 Å². The van der Waals surface area contributed by atoms with Gasteiger partial charge in [-0.2, -0.15) is 0 Å². The predicted molar refractivity (Wildman–Crippen MR) is 57.6 cm³/mol. The van der Waals surface area contributed by atoms with E-state index >= 15 is 0 Å². The minimum absolute atomic E-state index is 0.136. The average molecular weight is 212 g/mol. The Morgan fingerprint density at radius 2 is 2.21 bits per heavy atom. The summed E-state index contributed by atoms with van der Waals surface area (Å²) in [5.41, 5.74) is 0. The summed E-state index contributed by atoms with van der Waals surface area (Å²) in [5, 5.41) is 10.2. The number of thioether (sulfide) groups is 1. The lowest BCUT2D eigenvalue weighted by Gasteiger charge is -2.26. The van der Waals surface area contributed by atoms with Gasteiger partial charge in [0.1, 0.15) is 5.76 Å². The molecule has 0 radical (unpaired) electrons. The first kappa shape index (κ1) is 10.1. The van der Waals surface area contributed by atoms with Gasteiger partial charge in [0.05, 0.1) is 12.4 Å². The Morgan fingerprint density at radius 1 is 1.43 bits per heavy atom. The summed E-state index contributed by atoms with van der Waals surface area (Å²) in [4.78, 5) is 1.18. The standard InChI is InChI=1S/C11H16O2S/c1-8-10(6-7-13-8)14-11-5-3-2-4-9(11)12/h6-7,9,11-12H,2-5H2,1H3/t9-,11-/m1/s1. The third kappa shape index (κ3) is 2.15. The summed E-state index contributed by atoms with van der Waals surface area (Å²) >= 11 is 1.76. The molecule has 1 fully saturated rings. The largest absolute Gasteiger partial charge is 0.468 e. The van der Waals surface area contributed by atoms with Gasteiger partial charge in [0.15, 0.2) is 0 Å². The molecule has 0 bridgehead atoms. The molecule has 1 aromatic rings. The summed E-state index contributed by atoms with van der Waals surface area (Å²) in [7, 11) is 0. The molecule has 1 aliphatic rings. The van der Waals surface area contributed by atoms with Gasteiger partial charge < -0.3 is 9.52 Å². The van der Waals surface area contributed by atoms with Crippen molar-refractivity contribution in [3.8, 4) is 0 Å². The van der Waals surface area contributed by atoms with E-state index in [1.165, 1.54) is 17.7 Å². The molecule has 3 heteroatoms. The van der Waals surface area contributed by atoms with Gasteiger partial charge >= 0.3 is 0 Å². The SMILES string of the molecule is Cc1occc1S[C@@H]1CCCC[C@H]1O. The van der Waals surface area contributed by atoms with Crippen LogP contribution in [-0.2, 0) is 0 Å². The zero-order chi connectivity index (χ0) is 9.97. The molecule has 0 saturated heterocycles. The number of aliphatic hydroxyl groups excluding tert-OH is 1. The Kier molecular flexibility index (Phi) is 3.19. The molecule has 1 heterocycles. The highest BCUT2D eigenvalue weighted by Gasteiger charge is 2.24. The van der Waals surface area contributed by atoms with E-state index in [0.717, 1.165) is 18.6 Å². The molecule has 0 aliphatic heterocycles.